The normalized spacial score (nSPS) is 10.8. The van der Waals surface area contributed by atoms with E-state index in [1.165, 1.54) is 7.11 Å². The molecule has 0 bridgehead atoms. The second-order valence-electron chi connectivity index (χ2n) is 6.21. The van der Waals surface area contributed by atoms with Gasteiger partial charge in [0.15, 0.2) is 11.5 Å². The van der Waals surface area contributed by atoms with Crippen molar-refractivity contribution in [3.63, 3.8) is 0 Å². The Morgan fingerprint density at radius 2 is 1.83 bits per heavy atom. The quantitative estimate of drug-likeness (QED) is 0.838. The highest BCUT2D eigenvalue weighted by Crippen LogP contribution is 2.16. The molecular weight excluding hydrogens is 308 g/mol. The molecule has 0 aliphatic rings. The second-order valence-corrected chi connectivity index (χ2v) is 6.21. The van der Waals surface area contributed by atoms with E-state index in [-0.39, 0.29) is 17.1 Å². The maximum absolute atomic E-state index is 12.0. The fourth-order valence-corrected chi connectivity index (χ4v) is 1.91. The highest BCUT2D eigenvalue weighted by molar-refractivity contribution is 5.93. The van der Waals surface area contributed by atoms with Gasteiger partial charge in [0, 0.05) is 11.2 Å². The summed E-state index contributed by atoms with van der Waals surface area (Å²) in [6, 6.07) is 10.0. The van der Waals surface area contributed by atoms with Crippen LogP contribution >= 0.6 is 0 Å². The third kappa shape index (κ3) is 4.77. The summed E-state index contributed by atoms with van der Waals surface area (Å²) < 4.78 is 4.68. The molecule has 0 aliphatic carbocycles. The summed E-state index contributed by atoms with van der Waals surface area (Å²) in [5.74, 6) is -0.238. The molecule has 7 heteroatoms. The predicted octanol–water partition coefficient (Wildman–Crippen LogP) is 2.54. The number of methoxy groups -OCH3 is 1. The minimum atomic E-state index is -0.418. The van der Waals surface area contributed by atoms with Gasteiger partial charge in [0.25, 0.3) is 5.91 Å². The van der Waals surface area contributed by atoms with Crippen LogP contribution in [0.15, 0.2) is 36.4 Å². The average molecular weight is 328 g/mol. The van der Waals surface area contributed by atoms with Crippen LogP contribution in [0, 0.1) is 0 Å². The minimum Gasteiger partial charge on any atom is -0.465 e. The van der Waals surface area contributed by atoms with E-state index in [0.29, 0.717) is 17.1 Å². The molecule has 24 heavy (non-hydrogen) atoms. The summed E-state index contributed by atoms with van der Waals surface area (Å²) in [5, 5.41) is 13.7. The van der Waals surface area contributed by atoms with Gasteiger partial charge in [0.2, 0.25) is 0 Å². The molecule has 1 heterocycles. The van der Waals surface area contributed by atoms with Gasteiger partial charge in [-0.05, 0) is 51.1 Å². The molecule has 0 radical (unpaired) electrons. The van der Waals surface area contributed by atoms with Crippen molar-refractivity contribution in [1.29, 1.82) is 0 Å². The van der Waals surface area contributed by atoms with Gasteiger partial charge in [-0.2, -0.15) is 0 Å². The Morgan fingerprint density at radius 1 is 1.08 bits per heavy atom. The average Bonchev–Trinajstić information content (AvgIpc) is 2.53. The van der Waals surface area contributed by atoms with Crippen molar-refractivity contribution in [2.24, 2.45) is 0 Å². The van der Waals surface area contributed by atoms with Gasteiger partial charge in [0.05, 0.1) is 12.7 Å². The number of rotatable bonds is 4. The molecule has 2 aromatic rings. The fraction of sp³-hybridized carbons (Fsp3) is 0.294. The van der Waals surface area contributed by atoms with Crippen LogP contribution in [0.3, 0.4) is 0 Å². The Morgan fingerprint density at radius 3 is 2.42 bits per heavy atom. The third-order valence-corrected chi connectivity index (χ3v) is 2.94. The molecule has 126 valence electrons. The van der Waals surface area contributed by atoms with Crippen LogP contribution in [-0.4, -0.2) is 34.7 Å². The first kappa shape index (κ1) is 17.4. The van der Waals surface area contributed by atoms with Gasteiger partial charge in [-0.1, -0.05) is 6.07 Å². The Hall–Kier alpha value is -2.96. The first-order chi connectivity index (χ1) is 11.3. The Balaban J connectivity index is 2.09. The molecule has 0 saturated carbocycles. The van der Waals surface area contributed by atoms with E-state index in [1.54, 1.807) is 36.4 Å². The van der Waals surface area contributed by atoms with E-state index in [9.17, 15) is 9.59 Å². The number of hydrogen-bond donors (Lipinski definition) is 2. The van der Waals surface area contributed by atoms with Gasteiger partial charge >= 0.3 is 5.97 Å². The Labute approximate surface area is 140 Å². The topological polar surface area (TPSA) is 93.2 Å². The van der Waals surface area contributed by atoms with E-state index in [0.717, 1.165) is 0 Å². The van der Waals surface area contributed by atoms with Crippen molar-refractivity contribution >= 4 is 23.4 Å². The molecule has 2 N–H and O–H groups in total. The molecule has 0 saturated heterocycles. The molecule has 1 amide bonds. The van der Waals surface area contributed by atoms with Crippen molar-refractivity contribution in [3.8, 4) is 0 Å². The highest BCUT2D eigenvalue weighted by atomic mass is 16.5. The van der Waals surface area contributed by atoms with Crippen LogP contribution in [0.25, 0.3) is 0 Å². The van der Waals surface area contributed by atoms with Crippen molar-refractivity contribution in [2.45, 2.75) is 26.3 Å². The molecule has 0 aliphatic heterocycles. The number of aromatic nitrogens is 2. The molecule has 1 aromatic heterocycles. The maximum Gasteiger partial charge on any atom is 0.337 e. The number of ether oxygens (including phenoxy) is 1. The molecule has 0 spiro atoms. The smallest absolute Gasteiger partial charge is 0.337 e. The van der Waals surface area contributed by atoms with Crippen LogP contribution in [0.4, 0.5) is 11.5 Å². The number of nitrogens with one attached hydrogen (secondary N) is 2. The SMILES string of the molecule is COC(=O)c1cccc(Nc2ccc(C(=O)NC(C)(C)C)nn2)c1. The van der Waals surface area contributed by atoms with Crippen molar-refractivity contribution in [3.05, 3.63) is 47.7 Å². The molecule has 2 rings (SSSR count). The van der Waals surface area contributed by atoms with Gasteiger partial charge in [-0.15, -0.1) is 10.2 Å². The lowest BCUT2D eigenvalue weighted by atomic mass is 10.1. The second kappa shape index (κ2) is 7.08. The number of carbonyl (C=O) groups is 2. The highest BCUT2D eigenvalue weighted by Gasteiger charge is 2.16. The van der Waals surface area contributed by atoms with Crippen LogP contribution in [0.2, 0.25) is 0 Å². The number of benzene rings is 1. The van der Waals surface area contributed by atoms with Crippen LogP contribution in [-0.2, 0) is 4.74 Å². The van der Waals surface area contributed by atoms with Crippen molar-refractivity contribution < 1.29 is 14.3 Å². The Kier molecular flexibility index (Phi) is 5.13. The summed E-state index contributed by atoms with van der Waals surface area (Å²) in [5.41, 5.74) is 0.985. The first-order valence-electron chi connectivity index (χ1n) is 7.40. The fourth-order valence-electron chi connectivity index (χ4n) is 1.91. The largest absolute Gasteiger partial charge is 0.465 e. The zero-order valence-corrected chi connectivity index (χ0v) is 14.1. The monoisotopic (exact) mass is 328 g/mol. The summed E-state index contributed by atoms with van der Waals surface area (Å²) in [7, 11) is 1.33. The first-order valence-corrected chi connectivity index (χ1v) is 7.40. The zero-order chi connectivity index (χ0) is 17.7. The lowest BCUT2D eigenvalue weighted by Gasteiger charge is -2.19. The lowest BCUT2D eigenvalue weighted by Crippen LogP contribution is -2.41. The van der Waals surface area contributed by atoms with E-state index >= 15 is 0 Å². The number of esters is 1. The molecule has 1 aromatic carbocycles. The van der Waals surface area contributed by atoms with Crippen LogP contribution in [0.1, 0.15) is 41.6 Å². The van der Waals surface area contributed by atoms with Gasteiger partial charge in [-0.25, -0.2) is 4.79 Å². The third-order valence-electron chi connectivity index (χ3n) is 2.94. The molecule has 7 nitrogen and oxygen atoms in total. The minimum absolute atomic E-state index is 0.235. The molecule has 0 fully saturated rings. The summed E-state index contributed by atoms with van der Waals surface area (Å²) in [6.45, 7) is 5.67. The number of amides is 1. The predicted molar refractivity (Wildman–Crippen MR) is 90.3 cm³/mol. The standard InChI is InChI=1S/C17H20N4O3/c1-17(2,3)19-15(22)13-8-9-14(21-20-13)18-12-7-5-6-11(10-12)16(23)24-4/h5-10H,1-4H3,(H,18,21)(H,19,22). The van der Waals surface area contributed by atoms with E-state index in [1.807, 2.05) is 20.8 Å². The molecule has 0 atom stereocenters. The molecule has 0 unspecified atom stereocenters. The number of anilines is 2. The van der Waals surface area contributed by atoms with Gasteiger partial charge in [0.1, 0.15) is 0 Å². The van der Waals surface area contributed by atoms with Crippen molar-refractivity contribution in [2.75, 3.05) is 12.4 Å². The number of carbonyl (C=O) groups excluding carboxylic acids is 2. The summed E-state index contributed by atoms with van der Waals surface area (Å²) in [6.07, 6.45) is 0. The van der Waals surface area contributed by atoms with Crippen molar-refractivity contribution in [1.82, 2.24) is 15.5 Å². The van der Waals surface area contributed by atoms with Crippen LogP contribution < -0.4 is 10.6 Å². The zero-order valence-electron chi connectivity index (χ0n) is 14.1. The van der Waals surface area contributed by atoms with Gasteiger partial charge in [-0.3, -0.25) is 4.79 Å². The summed E-state index contributed by atoms with van der Waals surface area (Å²) in [4.78, 5) is 23.5. The summed E-state index contributed by atoms with van der Waals surface area (Å²) >= 11 is 0. The molecular formula is C17H20N4O3. The van der Waals surface area contributed by atoms with E-state index < -0.39 is 5.97 Å². The van der Waals surface area contributed by atoms with E-state index in [2.05, 4.69) is 25.6 Å². The van der Waals surface area contributed by atoms with E-state index in [4.69, 9.17) is 0 Å². The van der Waals surface area contributed by atoms with Gasteiger partial charge < -0.3 is 15.4 Å². The number of hydrogen-bond acceptors (Lipinski definition) is 6. The number of nitrogens with zero attached hydrogens (tertiary/aromatic N) is 2. The van der Waals surface area contributed by atoms with Crippen LogP contribution in [0.5, 0.6) is 0 Å². The lowest BCUT2D eigenvalue weighted by molar-refractivity contribution is 0.0600. The Bertz CT molecular complexity index is 736. The maximum atomic E-state index is 12.0.